The number of nitrogens with zero attached hydrogens (tertiary/aromatic N) is 2. The molecular weight excluding hydrogens is 307 g/mol. The highest BCUT2D eigenvalue weighted by molar-refractivity contribution is 6.38. The van der Waals surface area contributed by atoms with Crippen molar-refractivity contribution in [3.63, 3.8) is 0 Å². The third kappa shape index (κ3) is 2.18. The molecule has 0 aliphatic carbocycles. The fourth-order valence-corrected chi connectivity index (χ4v) is 2.97. The van der Waals surface area contributed by atoms with Gasteiger partial charge in [0.25, 0.3) is 0 Å². The molecule has 21 heavy (non-hydrogen) atoms. The number of hydrogen-bond acceptors (Lipinski definition) is 3. The molecule has 2 heterocycles. The largest absolute Gasteiger partial charge is 0.372 e. The molecule has 0 unspecified atom stereocenters. The molecule has 3 aromatic rings. The topological polar surface area (TPSA) is 35.0 Å². The summed E-state index contributed by atoms with van der Waals surface area (Å²) in [5.41, 5.74) is 3.98. The Labute approximate surface area is 131 Å². The number of rotatable bonds is 1. The minimum absolute atomic E-state index is 0.411. The van der Waals surface area contributed by atoms with Crippen molar-refractivity contribution in [3.05, 3.63) is 57.7 Å². The second kappa shape index (κ2) is 4.95. The summed E-state index contributed by atoms with van der Waals surface area (Å²) in [5, 5.41) is 1.74. The van der Waals surface area contributed by atoms with Crippen molar-refractivity contribution in [1.82, 2.24) is 9.97 Å². The number of halogens is 2. The van der Waals surface area contributed by atoms with Crippen LogP contribution in [0.15, 0.2) is 36.4 Å². The van der Waals surface area contributed by atoms with Crippen molar-refractivity contribution in [2.24, 2.45) is 0 Å². The average molecular weight is 317 g/mol. The monoisotopic (exact) mass is 316 g/mol. The zero-order chi connectivity index (χ0) is 14.4. The molecule has 1 aromatic heterocycles. The second-order valence-electron chi connectivity index (χ2n) is 4.95. The molecule has 0 amide bonds. The highest BCUT2D eigenvalue weighted by Crippen LogP contribution is 2.30. The van der Waals surface area contributed by atoms with E-state index in [1.165, 1.54) is 11.1 Å². The van der Waals surface area contributed by atoms with Crippen LogP contribution in [0.5, 0.6) is 0 Å². The lowest BCUT2D eigenvalue weighted by atomic mass is 10.1. The molecule has 0 radical (unpaired) electrons. The first-order valence-corrected chi connectivity index (χ1v) is 7.29. The third-order valence-electron chi connectivity index (χ3n) is 3.61. The predicted molar refractivity (Wildman–Crippen MR) is 83.5 cm³/mol. The molecule has 0 bridgehead atoms. The van der Waals surface area contributed by atoms with Gasteiger partial charge in [0.1, 0.15) is 5.15 Å². The predicted octanol–water partition coefficient (Wildman–Crippen LogP) is 4.63. The molecule has 4 rings (SSSR count). The third-order valence-corrected chi connectivity index (χ3v) is 4.20. The van der Waals surface area contributed by atoms with Gasteiger partial charge in [0.05, 0.1) is 23.8 Å². The lowest BCUT2D eigenvalue weighted by molar-refractivity contribution is 0.134. The van der Waals surface area contributed by atoms with Gasteiger partial charge < -0.3 is 4.74 Å². The van der Waals surface area contributed by atoms with E-state index in [4.69, 9.17) is 27.9 Å². The van der Waals surface area contributed by atoms with E-state index in [9.17, 15) is 0 Å². The van der Waals surface area contributed by atoms with E-state index in [-0.39, 0.29) is 0 Å². The Kier molecular flexibility index (Phi) is 3.07. The summed E-state index contributed by atoms with van der Waals surface area (Å²) in [5.74, 6) is 0.579. The van der Waals surface area contributed by atoms with Crippen molar-refractivity contribution >= 4 is 34.1 Å². The van der Waals surface area contributed by atoms with Crippen molar-refractivity contribution in [3.8, 4) is 11.4 Å². The van der Waals surface area contributed by atoms with Crippen LogP contribution in [0.1, 0.15) is 11.1 Å². The summed E-state index contributed by atoms with van der Waals surface area (Å²) < 4.78 is 5.43. The SMILES string of the molecule is Clc1nc(-c2ccc3c(c2)COC3)nc2c(Cl)cccc12. The first kappa shape index (κ1) is 13.0. The van der Waals surface area contributed by atoms with Gasteiger partial charge in [-0.2, -0.15) is 0 Å². The first-order valence-electron chi connectivity index (χ1n) is 6.54. The molecular formula is C16H10Cl2N2O. The fraction of sp³-hybridized carbons (Fsp3) is 0.125. The van der Waals surface area contributed by atoms with Gasteiger partial charge in [0, 0.05) is 10.9 Å². The van der Waals surface area contributed by atoms with E-state index < -0.39 is 0 Å². The summed E-state index contributed by atoms with van der Waals surface area (Å²) in [6.07, 6.45) is 0. The van der Waals surface area contributed by atoms with Crippen molar-refractivity contribution in [1.29, 1.82) is 0 Å². The molecule has 2 aromatic carbocycles. The lowest BCUT2D eigenvalue weighted by Crippen LogP contribution is -1.94. The first-order chi connectivity index (χ1) is 10.2. The maximum Gasteiger partial charge on any atom is 0.161 e. The van der Waals surface area contributed by atoms with Gasteiger partial charge in [-0.15, -0.1) is 0 Å². The van der Waals surface area contributed by atoms with Crippen LogP contribution in [-0.2, 0) is 18.0 Å². The van der Waals surface area contributed by atoms with Crippen LogP contribution in [-0.4, -0.2) is 9.97 Å². The van der Waals surface area contributed by atoms with Gasteiger partial charge in [-0.1, -0.05) is 41.4 Å². The Morgan fingerprint density at radius 2 is 1.81 bits per heavy atom. The van der Waals surface area contributed by atoms with E-state index in [0.717, 1.165) is 10.9 Å². The van der Waals surface area contributed by atoms with Crippen LogP contribution in [0.4, 0.5) is 0 Å². The summed E-state index contributed by atoms with van der Waals surface area (Å²) in [7, 11) is 0. The Hall–Kier alpha value is -1.68. The van der Waals surface area contributed by atoms with Gasteiger partial charge in [-0.05, 0) is 29.3 Å². The number of para-hydroxylation sites is 1. The average Bonchev–Trinajstić information content (AvgIpc) is 2.95. The Balaban J connectivity index is 1.92. The summed E-state index contributed by atoms with van der Waals surface area (Å²) in [6, 6.07) is 11.6. The van der Waals surface area contributed by atoms with Gasteiger partial charge in [-0.25, -0.2) is 9.97 Å². The van der Waals surface area contributed by atoms with E-state index in [1.54, 1.807) is 6.07 Å². The minimum Gasteiger partial charge on any atom is -0.372 e. The molecule has 5 heteroatoms. The lowest BCUT2D eigenvalue weighted by Gasteiger charge is -2.07. The standard InChI is InChI=1S/C16H10Cl2N2O/c17-13-3-1-2-12-14(13)19-16(20-15(12)18)9-4-5-10-7-21-8-11(10)6-9/h1-6H,7-8H2. The van der Waals surface area contributed by atoms with Crippen molar-refractivity contribution < 1.29 is 4.74 Å². The van der Waals surface area contributed by atoms with Crippen molar-refractivity contribution in [2.45, 2.75) is 13.2 Å². The fourth-order valence-electron chi connectivity index (χ4n) is 2.52. The maximum absolute atomic E-state index is 6.27. The zero-order valence-electron chi connectivity index (χ0n) is 10.9. The molecule has 0 saturated heterocycles. The van der Waals surface area contributed by atoms with E-state index >= 15 is 0 Å². The highest BCUT2D eigenvalue weighted by Gasteiger charge is 2.15. The zero-order valence-corrected chi connectivity index (χ0v) is 12.4. The van der Waals surface area contributed by atoms with Crippen LogP contribution in [0.2, 0.25) is 10.2 Å². The molecule has 0 saturated carbocycles. The second-order valence-corrected chi connectivity index (χ2v) is 5.72. The highest BCUT2D eigenvalue weighted by atomic mass is 35.5. The van der Waals surface area contributed by atoms with E-state index in [0.29, 0.717) is 34.7 Å². The number of aromatic nitrogens is 2. The molecule has 1 aliphatic rings. The minimum atomic E-state index is 0.411. The van der Waals surface area contributed by atoms with Crippen LogP contribution in [0.3, 0.4) is 0 Å². The molecule has 0 fully saturated rings. The number of ether oxygens (including phenoxy) is 1. The Bertz CT molecular complexity index is 864. The smallest absolute Gasteiger partial charge is 0.161 e. The van der Waals surface area contributed by atoms with Crippen LogP contribution in [0.25, 0.3) is 22.3 Å². The molecule has 0 N–H and O–H groups in total. The normalized spacial score (nSPS) is 13.6. The van der Waals surface area contributed by atoms with Gasteiger partial charge in [-0.3, -0.25) is 0 Å². The number of hydrogen-bond donors (Lipinski definition) is 0. The van der Waals surface area contributed by atoms with Crippen LogP contribution in [0, 0.1) is 0 Å². The van der Waals surface area contributed by atoms with Crippen LogP contribution >= 0.6 is 23.2 Å². The van der Waals surface area contributed by atoms with Gasteiger partial charge in [0.2, 0.25) is 0 Å². The Morgan fingerprint density at radius 1 is 0.952 bits per heavy atom. The maximum atomic E-state index is 6.27. The molecule has 0 atom stereocenters. The molecule has 0 spiro atoms. The van der Waals surface area contributed by atoms with E-state index in [2.05, 4.69) is 16.0 Å². The quantitative estimate of drug-likeness (QED) is 0.614. The molecule has 104 valence electrons. The van der Waals surface area contributed by atoms with E-state index in [1.807, 2.05) is 24.3 Å². The molecule has 3 nitrogen and oxygen atoms in total. The van der Waals surface area contributed by atoms with Gasteiger partial charge >= 0.3 is 0 Å². The Morgan fingerprint density at radius 3 is 2.71 bits per heavy atom. The van der Waals surface area contributed by atoms with Crippen LogP contribution < -0.4 is 0 Å². The molecule has 1 aliphatic heterocycles. The summed E-state index contributed by atoms with van der Waals surface area (Å²) in [4.78, 5) is 8.96. The summed E-state index contributed by atoms with van der Waals surface area (Å²) in [6.45, 7) is 1.30. The summed E-state index contributed by atoms with van der Waals surface area (Å²) >= 11 is 12.5. The van der Waals surface area contributed by atoms with Gasteiger partial charge in [0.15, 0.2) is 5.82 Å². The van der Waals surface area contributed by atoms with Crippen molar-refractivity contribution in [2.75, 3.05) is 0 Å². The number of benzene rings is 2. The number of fused-ring (bicyclic) bond motifs is 2.